The zero-order valence-electron chi connectivity index (χ0n) is 15.4. The van der Waals surface area contributed by atoms with E-state index >= 15 is 0 Å². The normalized spacial score (nSPS) is 11.6. The number of halogens is 5. The van der Waals surface area contributed by atoms with Crippen LogP contribution in [0.4, 0.5) is 39.3 Å². The van der Waals surface area contributed by atoms with Crippen LogP contribution in [0.2, 0.25) is 0 Å². The summed E-state index contributed by atoms with van der Waals surface area (Å²) in [6.07, 6.45) is -4.62. The molecule has 152 valence electrons. The van der Waals surface area contributed by atoms with E-state index in [1.165, 1.54) is 18.2 Å². The molecule has 0 saturated heterocycles. The molecule has 10 heteroatoms. The molecule has 0 aliphatic carbocycles. The van der Waals surface area contributed by atoms with Gasteiger partial charge in [0.1, 0.15) is 34.7 Å². The summed E-state index contributed by atoms with van der Waals surface area (Å²) in [6.45, 7) is 3.69. The first-order valence-corrected chi connectivity index (χ1v) is 8.53. The molecular weight excluding hydrogens is 393 g/mol. The van der Waals surface area contributed by atoms with Crippen molar-refractivity contribution in [2.24, 2.45) is 0 Å². The maximum absolute atomic E-state index is 13.4. The van der Waals surface area contributed by atoms with Gasteiger partial charge in [-0.2, -0.15) is 13.2 Å². The first-order chi connectivity index (χ1) is 13.6. The molecule has 5 nitrogen and oxygen atoms in total. The van der Waals surface area contributed by atoms with Crippen LogP contribution in [0.15, 0.2) is 42.5 Å². The molecule has 2 N–H and O–H groups in total. The molecule has 0 unspecified atom stereocenters. The van der Waals surface area contributed by atoms with Crippen LogP contribution >= 0.6 is 0 Å². The summed E-state index contributed by atoms with van der Waals surface area (Å²) in [5.41, 5.74) is -1.09. The maximum Gasteiger partial charge on any atom is 0.433 e. The monoisotopic (exact) mass is 409 g/mol. The molecule has 0 radical (unpaired) electrons. The van der Waals surface area contributed by atoms with Gasteiger partial charge in [0.25, 0.3) is 0 Å². The Labute approximate surface area is 163 Å². The summed E-state index contributed by atoms with van der Waals surface area (Å²) >= 11 is 0. The highest BCUT2D eigenvalue weighted by Crippen LogP contribution is 2.29. The first kappa shape index (κ1) is 20.4. The smallest absolute Gasteiger partial charge is 0.368 e. The molecule has 2 aromatic heterocycles. The minimum Gasteiger partial charge on any atom is -0.368 e. The molecule has 0 atom stereocenters. The summed E-state index contributed by atoms with van der Waals surface area (Å²) in [5.74, 6) is -1.23. The lowest BCUT2D eigenvalue weighted by atomic mass is 10.2. The number of alkyl halides is 3. The number of nitrogens with zero attached hydrogens (tertiary/aromatic N) is 3. The van der Waals surface area contributed by atoms with Gasteiger partial charge in [-0.05, 0) is 38.1 Å². The summed E-state index contributed by atoms with van der Waals surface area (Å²) < 4.78 is 65.8. The van der Waals surface area contributed by atoms with Crippen LogP contribution in [-0.4, -0.2) is 21.0 Å². The van der Waals surface area contributed by atoms with Crippen molar-refractivity contribution in [3.63, 3.8) is 0 Å². The van der Waals surface area contributed by atoms with Crippen molar-refractivity contribution in [3.8, 4) is 11.5 Å². The average molecular weight is 409 g/mol. The summed E-state index contributed by atoms with van der Waals surface area (Å²) in [4.78, 5) is 11.9. The molecule has 0 aliphatic rings. The molecule has 0 saturated carbocycles. The van der Waals surface area contributed by atoms with Crippen LogP contribution in [0.1, 0.15) is 19.5 Å². The molecule has 0 spiro atoms. The van der Waals surface area contributed by atoms with E-state index in [4.69, 9.17) is 0 Å². The molecule has 2 heterocycles. The first-order valence-electron chi connectivity index (χ1n) is 8.53. The third-order valence-electron chi connectivity index (χ3n) is 3.57. The quantitative estimate of drug-likeness (QED) is 0.553. The van der Waals surface area contributed by atoms with Crippen LogP contribution < -0.4 is 10.6 Å². The molecule has 0 fully saturated rings. The molecule has 29 heavy (non-hydrogen) atoms. The van der Waals surface area contributed by atoms with Gasteiger partial charge in [-0.25, -0.2) is 23.7 Å². The van der Waals surface area contributed by atoms with Crippen LogP contribution in [0.3, 0.4) is 0 Å². The Bertz CT molecular complexity index is 1000. The molecular formula is C19H16F5N5. The lowest BCUT2D eigenvalue weighted by Gasteiger charge is -2.14. The lowest BCUT2D eigenvalue weighted by molar-refractivity contribution is -0.141. The fourth-order valence-corrected chi connectivity index (χ4v) is 2.49. The lowest BCUT2D eigenvalue weighted by Crippen LogP contribution is -2.13. The number of anilines is 3. The van der Waals surface area contributed by atoms with Gasteiger partial charge in [0, 0.05) is 23.9 Å². The third-order valence-corrected chi connectivity index (χ3v) is 3.57. The highest BCUT2D eigenvalue weighted by atomic mass is 19.4. The molecule has 0 amide bonds. The van der Waals surface area contributed by atoms with Crippen LogP contribution in [-0.2, 0) is 6.18 Å². The van der Waals surface area contributed by atoms with Gasteiger partial charge < -0.3 is 10.6 Å². The Morgan fingerprint density at radius 3 is 2.14 bits per heavy atom. The standard InChI is InChI=1S/C19H16F5N5/c1-10(2)25-16-9-17(26-13-7-11(20)6-12(21)8-13)29-18(28-16)14-4-3-5-15(27-14)19(22,23)24/h3-10H,1-2H3,(H2,25,26,28,29). The van der Waals surface area contributed by atoms with Gasteiger partial charge in [-0.3, -0.25) is 0 Å². The Morgan fingerprint density at radius 1 is 0.862 bits per heavy atom. The maximum atomic E-state index is 13.4. The van der Waals surface area contributed by atoms with Gasteiger partial charge >= 0.3 is 6.18 Å². The van der Waals surface area contributed by atoms with Crippen molar-refractivity contribution in [3.05, 3.63) is 59.8 Å². The van der Waals surface area contributed by atoms with Crippen molar-refractivity contribution >= 4 is 17.3 Å². The van der Waals surface area contributed by atoms with E-state index in [0.29, 0.717) is 5.82 Å². The molecule has 0 bridgehead atoms. The molecule has 3 rings (SSSR count). The van der Waals surface area contributed by atoms with E-state index in [1.54, 1.807) is 0 Å². The number of nitrogens with one attached hydrogen (secondary N) is 2. The Balaban J connectivity index is 2.04. The second-order valence-electron chi connectivity index (χ2n) is 6.45. The number of hydrogen-bond acceptors (Lipinski definition) is 5. The number of aromatic nitrogens is 3. The predicted molar refractivity (Wildman–Crippen MR) is 98.7 cm³/mol. The molecule has 0 aliphatic heterocycles. The van der Waals surface area contributed by atoms with Gasteiger partial charge in [-0.15, -0.1) is 0 Å². The van der Waals surface area contributed by atoms with E-state index in [2.05, 4.69) is 25.6 Å². The fourth-order valence-electron chi connectivity index (χ4n) is 2.49. The van der Waals surface area contributed by atoms with E-state index in [9.17, 15) is 22.0 Å². The van der Waals surface area contributed by atoms with Gasteiger partial charge in [0.15, 0.2) is 5.82 Å². The number of pyridine rings is 1. The highest BCUT2D eigenvalue weighted by Gasteiger charge is 2.32. The third kappa shape index (κ3) is 5.37. The van der Waals surface area contributed by atoms with Crippen molar-refractivity contribution in [1.82, 2.24) is 15.0 Å². The summed E-state index contributed by atoms with van der Waals surface area (Å²) in [6, 6.07) is 7.66. The van der Waals surface area contributed by atoms with Gasteiger partial charge in [-0.1, -0.05) is 6.07 Å². The van der Waals surface area contributed by atoms with Crippen LogP contribution in [0, 0.1) is 11.6 Å². The minimum absolute atomic E-state index is 0.0355. The molecule has 3 aromatic rings. The second-order valence-corrected chi connectivity index (χ2v) is 6.45. The minimum atomic E-state index is -4.62. The van der Waals surface area contributed by atoms with E-state index in [1.807, 2.05) is 13.8 Å². The highest BCUT2D eigenvalue weighted by molar-refractivity contribution is 5.63. The topological polar surface area (TPSA) is 62.7 Å². The number of hydrogen-bond donors (Lipinski definition) is 2. The summed E-state index contributed by atoms with van der Waals surface area (Å²) in [7, 11) is 0. The van der Waals surface area contributed by atoms with Crippen LogP contribution in [0.25, 0.3) is 11.5 Å². The Hall–Kier alpha value is -3.30. The zero-order chi connectivity index (χ0) is 21.2. The van der Waals surface area contributed by atoms with Crippen molar-refractivity contribution in [2.45, 2.75) is 26.1 Å². The zero-order valence-corrected chi connectivity index (χ0v) is 15.4. The fraction of sp³-hybridized carbons (Fsp3) is 0.211. The van der Waals surface area contributed by atoms with Crippen LogP contribution in [0.5, 0.6) is 0 Å². The van der Waals surface area contributed by atoms with E-state index < -0.39 is 23.5 Å². The van der Waals surface area contributed by atoms with E-state index in [-0.39, 0.29) is 29.1 Å². The Morgan fingerprint density at radius 2 is 1.52 bits per heavy atom. The number of benzene rings is 1. The van der Waals surface area contributed by atoms with Crippen molar-refractivity contribution in [2.75, 3.05) is 10.6 Å². The van der Waals surface area contributed by atoms with Gasteiger partial charge in [0.05, 0.1) is 0 Å². The average Bonchev–Trinajstić information content (AvgIpc) is 2.59. The largest absolute Gasteiger partial charge is 0.433 e. The second kappa shape index (κ2) is 7.98. The Kier molecular flexibility index (Phi) is 5.62. The number of rotatable bonds is 5. The SMILES string of the molecule is CC(C)Nc1cc(Nc2cc(F)cc(F)c2)nc(-c2cccc(C(F)(F)F)n2)n1. The summed E-state index contributed by atoms with van der Waals surface area (Å²) in [5, 5.41) is 5.75. The molecule has 1 aromatic carbocycles. The van der Waals surface area contributed by atoms with Gasteiger partial charge in [0.2, 0.25) is 0 Å². The van der Waals surface area contributed by atoms with Crippen molar-refractivity contribution in [1.29, 1.82) is 0 Å². The predicted octanol–water partition coefficient (Wildman–Crippen LogP) is 5.40. The van der Waals surface area contributed by atoms with E-state index in [0.717, 1.165) is 24.3 Å². The van der Waals surface area contributed by atoms with Crippen molar-refractivity contribution < 1.29 is 22.0 Å².